The Morgan fingerprint density at radius 1 is 1.44 bits per heavy atom. The smallest absolute Gasteiger partial charge is 0.201 e. The molecule has 1 atom stereocenters. The molecule has 2 heterocycles. The van der Waals surface area contributed by atoms with Crippen molar-refractivity contribution in [2.45, 2.75) is 18.9 Å². The number of nitrogens with zero attached hydrogens (tertiary/aromatic N) is 1. The van der Waals surface area contributed by atoms with E-state index in [0.717, 1.165) is 36.6 Å². The third kappa shape index (κ3) is 1.65. The minimum atomic E-state index is 0.00781. The molecule has 1 fully saturated rings. The molecule has 1 unspecified atom stereocenters. The van der Waals surface area contributed by atoms with E-state index in [1.165, 1.54) is 0 Å². The Morgan fingerprint density at radius 2 is 2.31 bits per heavy atom. The van der Waals surface area contributed by atoms with Crippen molar-refractivity contribution in [2.24, 2.45) is 0 Å². The molecule has 0 amide bonds. The summed E-state index contributed by atoms with van der Waals surface area (Å²) in [5, 5.41) is 3.42. The highest BCUT2D eigenvalue weighted by Gasteiger charge is 2.30. The van der Waals surface area contributed by atoms with Crippen molar-refractivity contribution in [3.8, 4) is 0 Å². The van der Waals surface area contributed by atoms with Gasteiger partial charge in [0.1, 0.15) is 0 Å². The molecule has 0 saturated carbocycles. The minimum Gasteiger partial charge on any atom is -0.379 e. The summed E-state index contributed by atoms with van der Waals surface area (Å²) >= 11 is 0. The second kappa shape index (κ2) is 3.49. The zero-order valence-electron chi connectivity index (χ0n) is 9.29. The van der Waals surface area contributed by atoms with Crippen molar-refractivity contribution in [1.82, 2.24) is 9.97 Å². The number of benzene rings is 1. The topological polar surface area (TPSA) is 49.9 Å². The third-order valence-electron chi connectivity index (χ3n) is 3.03. The first-order valence-corrected chi connectivity index (χ1v) is 5.56. The van der Waals surface area contributed by atoms with Crippen LogP contribution in [0.25, 0.3) is 11.0 Å². The van der Waals surface area contributed by atoms with Crippen molar-refractivity contribution in [2.75, 3.05) is 18.5 Å². The van der Waals surface area contributed by atoms with E-state index < -0.39 is 0 Å². The van der Waals surface area contributed by atoms with Gasteiger partial charge in [-0.1, -0.05) is 12.1 Å². The largest absolute Gasteiger partial charge is 0.379 e. The summed E-state index contributed by atoms with van der Waals surface area (Å²) in [7, 11) is 0. The van der Waals surface area contributed by atoms with Crippen molar-refractivity contribution >= 4 is 17.0 Å². The predicted octanol–water partition coefficient (Wildman–Crippen LogP) is 2.15. The summed E-state index contributed by atoms with van der Waals surface area (Å²) < 4.78 is 5.40. The van der Waals surface area contributed by atoms with Gasteiger partial charge in [0.2, 0.25) is 5.95 Å². The molecule has 1 saturated heterocycles. The Kier molecular flexibility index (Phi) is 2.11. The first-order chi connectivity index (χ1) is 7.75. The Bertz CT molecular complexity index is 467. The van der Waals surface area contributed by atoms with Gasteiger partial charge in [-0.25, -0.2) is 4.98 Å². The predicted molar refractivity (Wildman–Crippen MR) is 63.6 cm³/mol. The molecule has 2 N–H and O–H groups in total. The van der Waals surface area contributed by atoms with E-state index >= 15 is 0 Å². The van der Waals surface area contributed by atoms with Gasteiger partial charge in [-0.2, -0.15) is 0 Å². The minimum absolute atomic E-state index is 0.00781. The Hall–Kier alpha value is -1.55. The molecular weight excluding hydrogens is 202 g/mol. The van der Waals surface area contributed by atoms with Crippen LogP contribution in [0.1, 0.15) is 13.3 Å². The summed E-state index contributed by atoms with van der Waals surface area (Å²) in [5.74, 6) is 0.828. The van der Waals surface area contributed by atoms with Gasteiger partial charge in [-0.3, -0.25) is 0 Å². The molecule has 16 heavy (non-hydrogen) atoms. The highest BCUT2D eigenvalue weighted by atomic mass is 16.5. The molecule has 0 aliphatic carbocycles. The quantitative estimate of drug-likeness (QED) is 0.810. The molecule has 4 heteroatoms. The zero-order valence-corrected chi connectivity index (χ0v) is 9.29. The van der Waals surface area contributed by atoms with Gasteiger partial charge in [0, 0.05) is 6.61 Å². The molecule has 2 aromatic rings. The monoisotopic (exact) mass is 217 g/mol. The maximum Gasteiger partial charge on any atom is 0.201 e. The van der Waals surface area contributed by atoms with E-state index in [9.17, 15) is 0 Å². The highest BCUT2D eigenvalue weighted by molar-refractivity contribution is 5.77. The summed E-state index contributed by atoms with van der Waals surface area (Å²) in [5.41, 5.74) is 2.06. The van der Waals surface area contributed by atoms with Crippen molar-refractivity contribution in [1.29, 1.82) is 0 Å². The molecule has 1 aliphatic rings. The lowest BCUT2D eigenvalue weighted by Gasteiger charge is -2.22. The van der Waals surface area contributed by atoms with Crippen LogP contribution in [0.15, 0.2) is 24.3 Å². The van der Waals surface area contributed by atoms with E-state index in [1.54, 1.807) is 0 Å². The van der Waals surface area contributed by atoms with E-state index in [4.69, 9.17) is 4.74 Å². The van der Waals surface area contributed by atoms with Crippen LogP contribution in [0.3, 0.4) is 0 Å². The van der Waals surface area contributed by atoms with Gasteiger partial charge in [0.15, 0.2) is 0 Å². The number of fused-ring (bicyclic) bond motifs is 1. The summed E-state index contributed by atoms with van der Waals surface area (Å²) in [6, 6.07) is 8.03. The third-order valence-corrected chi connectivity index (χ3v) is 3.03. The second-order valence-electron chi connectivity index (χ2n) is 4.59. The molecule has 4 nitrogen and oxygen atoms in total. The maximum absolute atomic E-state index is 5.40. The Balaban J connectivity index is 1.89. The first-order valence-electron chi connectivity index (χ1n) is 5.56. The molecule has 0 bridgehead atoms. The number of hydrogen-bond donors (Lipinski definition) is 2. The molecule has 1 aromatic heterocycles. The van der Waals surface area contributed by atoms with Gasteiger partial charge in [0.25, 0.3) is 0 Å². The Labute approximate surface area is 94.0 Å². The molecule has 0 radical (unpaired) electrons. The number of aromatic amines is 1. The number of aromatic nitrogens is 2. The van der Waals surface area contributed by atoms with E-state index in [2.05, 4.69) is 22.2 Å². The van der Waals surface area contributed by atoms with Crippen molar-refractivity contribution in [3.05, 3.63) is 24.3 Å². The van der Waals surface area contributed by atoms with Crippen LogP contribution in [-0.2, 0) is 4.74 Å². The number of nitrogens with one attached hydrogen (secondary N) is 2. The summed E-state index contributed by atoms with van der Waals surface area (Å²) in [6.45, 7) is 3.72. The molecule has 1 aliphatic heterocycles. The zero-order chi connectivity index (χ0) is 11.0. The van der Waals surface area contributed by atoms with Crippen molar-refractivity contribution < 1.29 is 4.74 Å². The fourth-order valence-electron chi connectivity index (χ4n) is 2.06. The number of para-hydroxylation sites is 2. The highest BCUT2D eigenvalue weighted by Crippen LogP contribution is 2.23. The molecule has 84 valence electrons. The lowest BCUT2D eigenvalue weighted by Crippen LogP contribution is -2.35. The van der Waals surface area contributed by atoms with Gasteiger partial charge in [-0.15, -0.1) is 0 Å². The number of anilines is 1. The van der Waals surface area contributed by atoms with Gasteiger partial charge < -0.3 is 15.0 Å². The molecule has 3 rings (SSSR count). The van der Waals surface area contributed by atoms with Crippen LogP contribution in [0.5, 0.6) is 0 Å². The van der Waals surface area contributed by atoms with Crippen LogP contribution in [0.4, 0.5) is 5.95 Å². The standard InChI is InChI=1S/C12H15N3O/c1-12(6-7-16-8-12)15-11-13-9-4-2-3-5-10(9)14-11/h2-5H,6-8H2,1H3,(H2,13,14,15). The molecular formula is C12H15N3O. The van der Waals surface area contributed by atoms with E-state index in [1.807, 2.05) is 24.3 Å². The molecule has 0 spiro atoms. The van der Waals surface area contributed by atoms with E-state index in [-0.39, 0.29) is 5.54 Å². The second-order valence-corrected chi connectivity index (χ2v) is 4.59. The average Bonchev–Trinajstić information content (AvgIpc) is 2.84. The number of ether oxygens (including phenoxy) is 1. The van der Waals surface area contributed by atoms with Gasteiger partial charge in [0.05, 0.1) is 23.2 Å². The Morgan fingerprint density at radius 3 is 3.06 bits per heavy atom. The van der Waals surface area contributed by atoms with Crippen LogP contribution in [0.2, 0.25) is 0 Å². The van der Waals surface area contributed by atoms with Crippen LogP contribution < -0.4 is 5.32 Å². The van der Waals surface area contributed by atoms with Gasteiger partial charge in [-0.05, 0) is 25.5 Å². The van der Waals surface area contributed by atoms with Crippen LogP contribution >= 0.6 is 0 Å². The van der Waals surface area contributed by atoms with E-state index in [0.29, 0.717) is 0 Å². The summed E-state index contributed by atoms with van der Waals surface area (Å²) in [4.78, 5) is 7.77. The average molecular weight is 217 g/mol. The number of H-pyrrole nitrogens is 1. The number of rotatable bonds is 2. The van der Waals surface area contributed by atoms with Gasteiger partial charge >= 0.3 is 0 Å². The van der Waals surface area contributed by atoms with Crippen LogP contribution in [0, 0.1) is 0 Å². The summed E-state index contributed by atoms with van der Waals surface area (Å²) in [6.07, 6.45) is 1.02. The van der Waals surface area contributed by atoms with Crippen molar-refractivity contribution in [3.63, 3.8) is 0 Å². The SMILES string of the molecule is CC1(Nc2nc3ccccc3[nH]2)CCOC1. The lowest BCUT2D eigenvalue weighted by molar-refractivity contribution is 0.185. The normalized spacial score (nSPS) is 25.1. The fraction of sp³-hybridized carbons (Fsp3) is 0.417. The number of hydrogen-bond acceptors (Lipinski definition) is 3. The molecule has 1 aromatic carbocycles. The fourth-order valence-corrected chi connectivity index (χ4v) is 2.06. The van der Waals surface area contributed by atoms with Crippen LogP contribution in [-0.4, -0.2) is 28.7 Å². The maximum atomic E-state index is 5.40. The number of imidazole rings is 1. The lowest BCUT2D eigenvalue weighted by atomic mass is 10.0. The first kappa shape index (κ1) is 9.66.